The van der Waals surface area contributed by atoms with Gasteiger partial charge in [-0.05, 0) is 53.3 Å². The smallest absolute Gasteiger partial charge is 0.338 e. The SMILES string of the molecule is CC(C)(C)CC1NC(C(=O)NCc2ccc(C(=O)O)c(F)c2)C(c2cccc(Cl)c2F)C1(C#N)c1ccc(Cl)cc1F. The zero-order valence-corrected chi connectivity index (χ0v) is 24.5. The van der Waals surface area contributed by atoms with Gasteiger partial charge in [-0.25, -0.2) is 18.0 Å². The topological polar surface area (TPSA) is 102 Å². The molecule has 1 amide bonds. The Balaban J connectivity index is 1.85. The van der Waals surface area contributed by atoms with Crippen LogP contribution in [0.4, 0.5) is 13.2 Å². The molecule has 0 radical (unpaired) electrons. The first-order valence-electron chi connectivity index (χ1n) is 13.1. The molecule has 4 atom stereocenters. The quantitative estimate of drug-likeness (QED) is 0.272. The maximum absolute atomic E-state index is 15.7. The van der Waals surface area contributed by atoms with E-state index >= 15 is 8.78 Å². The molecule has 1 heterocycles. The molecule has 4 rings (SSSR count). The van der Waals surface area contributed by atoms with E-state index in [0.717, 1.165) is 18.2 Å². The fraction of sp³-hybridized carbons (Fsp3) is 0.323. The number of carbonyl (C=O) groups is 2. The van der Waals surface area contributed by atoms with Crippen molar-refractivity contribution in [3.63, 3.8) is 0 Å². The Morgan fingerprint density at radius 1 is 1.07 bits per heavy atom. The van der Waals surface area contributed by atoms with Gasteiger partial charge < -0.3 is 15.7 Å². The lowest BCUT2D eigenvalue weighted by Gasteiger charge is -2.37. The zero-order valence-electron chi connectivity index (χ0n) is 22.9. The second-order valence-corrected chi connectivity index (χ2v) is 12.4. The Morgan fingerprint density at radius 2 is 1.79 bits per heavy atom. The van der Waals surface area contributed by atoms with Crippen LogP contribution in [0.2, 0.25) is 10.0 Å². The summed E-state index contributed by atoms with van der Waals surface area (Å²) in [5.74, 6) is -5.95. The average Bonchev–Trinajstić information content (AvgIpc) is 3.21. The number of halogens is 5. The van der Waals surface area contributed by atoms with Gasteiger partial charge in [-0.3, -0.25) is 4.79 Å². The largest absolute Gasteiger partial charge is 0.478 e. The summed E-state index contributed by atoms with van der Waals surface area (Å²) < 4.78 is 45.6. The number of nitriles is 1. The van der Waals surface area contributed by atoms with E-state index in [-0.39, 0.29) is 33.3 Å². The molecule has 3 aromatic rings. The van der Waals surface area contributed by atoms with Gasteiger partial charge in [0.1, 0.15) is 22.9 Å². The van der Waals surface area contributed by atoms with E-state index in [9.17, 15) is 19.2 Å². The predicted molar refractivity (Wildman–Crippen MR) is 153 cm³/mol. The van der Waals surface area contributed by atoms with E-state index in [1.54, 1.807) is 0 Å². The van der Waals surface area contributed by atoms with Gasteiger partial charge in [0.25, 0.3) is 0 Å². The van der Waals surface area contributed by atoms with Crippen molar-refractivity contribution in [1.82, 2.24) is 10.6 Å². The van der Waals surface area contributed by atoms with E-state index in [2.05, 4.69) is 16.7 Å². The molecule has 6 nitrogen and oxygen atoms in total. The molecule has 1 fully saturated rings. The van der Waals surface area contributed by atoms with Gasteiger partial charge in [-0.2, -0.15) is 5.26 Å². The summed E-state index contributed by atoms with van der Waals surface area (Å²) in [6.07, 6.45) is 0.299. The van der Waals surface area contributed by atoms with Gasteiger partial charge in [0.05, 0.1) is 22.7 Å². The van der Waals surface area contributed by atoms with Gasteiger partial charge >= 0.3 is 5.97 Å². The molecular weight excluding hydrogens is 590 g/mol. The molecular formula is C31H28Cl2F3N3O3. The fourth-order valence-electron chi connectivity index (χ4n) is 5.70. The number of carbonyl (C=O) groups excluding carboxylic acids is 1. The molecule has 1 saturated heterocycles. The predicted octanol–water partition coefficient (Wildman–Crippen LogP) is 6.75. The molecule has 42 heavy (non-hydrogen) atoms. The standard InChI is InChI=1S/C31H28Cl2F3N3O3/c1-30(2,3)13-24-31(15-37,20-10-8-17(32)12-23(20)35)25(19-5-4-6-21(33)26(19)36)27(39-24)28(40)38-14-16-7-9-18(29(41)42)22(34)11-16/h4-12,24-25,27,39H,13-14H2,1-3H3,(H,38,40)(H,41,42). The molecule has 3 N–H and O–H groups in total. The Hall–Kier alpha value is -3.58. The number of aromatic carboxylic acids is 1. The van der Waals surface area contributed by atoms with Crippen LogP contribution < -0.4 is 10.6 Å². The first-order chi connectivity index (χ1) is 19.7. The average molecular weight is 618 g/mol. The monoisotopic (exact) mass is 617 g/mol. The maximum Gasteiger partial charge on any atom is 0.338 e. The number of carboxylic acid groups (broad SMARTS) is 1. The van der Waals surface area contributed by atoms with Crippen LogP contribution in [0.1, 0.15) is 60.2 Å². The van der Waals surface area contributed by atoms with Crippen LogP contribution in [-0.2, 0) is 16.8 Å². The van der Waals surface area contributed by atoms with Crippen molar-refractivity contribution >= 4 is 35.1 Å². The molecule has 220 valence electrons. The fourth-order valence-corrected chi connectivity index (χ4v) is 6.04. The van der Waals surface area contributed by atoms with Crippen molar-refractivity contribution in [2.75, 3.05) is 0 Å². The third-order valence-corrected chi connectivity index (χ3v) is 7.99. The molecule has 0 bridgehead atoms. The van der Waals surface area contributed by atoms with E-state index in [1.807, 2.05) is 20.8 Å². The third kappa shape index (κ3) is 5.98. The lowest BCUT2D eigenvalue weighted by Crippen LogP contribution is -2.45. The van der Waals surface area contributed by atoms with Crippen molar-refractivity contribution in [2.45, 2.75) is 57.2 Å². The lowest BCUT2D eigenvalue weighted by molar-refractivity contribution is -0.123. The minimum atomic E-state index is -1.79. The molecule has 4 unspecified atom stereocenters. The molecule has 0 saturated carbocycles. The maximum atomic E-state index is 15.7. The van der Waals surface area contributed by atoms with Gasteiger partial charge in [0.15, 0.2) is 0 Å². The highest BCUT2D eigenvalue weighted by Crippen LogP contribution is 2.52. The normalized spacial score (nSPS) is 22.0. The number of nitrogens with zero attached hydrogens (tertiary/aromatic N) is 1. The summed E-state index contributed by atoms with van der Waals surface area (Å²) in [4.78, 5) is 25.0. The Morgan fingerprint density at radius 3 is 2.38 bits per heavy atom. The highest BCUT2D eigenvalue weighted by molar-refractivity contribution is 6.31. The van der Waals surface area contributed by atoms with Gasteiger partial charge in [-0.15, -0.1) is 0 Å². The number of nitrogens with one attached hydrogen (secondary N) is 2. The lowest BCUT2D eigenvalue weighted by atomic mass is 9.62. The second kappa shape index (κ2) is 12.0. The summed E-state index contributed by atoms with van der Waals surface area (Å²) in [6, 6.07) is 11.7. The zero-order chi connectivity index (χ0) is 31.0. The summed E-state index contributed by atoms with van der Waals surface area (Å²) in [5, 5.41) is 25.7. The molecule has 0 spiro atoms. The van der Waals surface area contributed by atoms with Gasteiger partial charge in [0.2, 0.25) is 5.91 Å². The first kappa shape index (κ1) is 31.4. The molecule has 1 aliphatic rings. The number of hydrogen-bond acceptors (Lipinski definition) is 4. The van der Waals surface area contributed by atoms with Crippen molar-refractivity contribution in [3.05, 3.63) is 104 Å². The van der Waals surface area contributed by atoms with Crippen LogP contribution >= 0.6 is 23.2 Å². The van der Waals surface area contributed by atoms with Crippen LogP contribution in [0.5, 0.6) is 0 Å². The number of carboxylic acids is 1. The van der Waals surface area contributed by atoms with Crippen LogP contribution in [0, 0.1) is 34.2 Å². The highest BCUT2D eigenvalue weighted by atomic mass is 35.5. The van der Waals surface area contributed by atoms with Crippen LogP contribution in [-0.4, -0.2) is 29.1 Å². The molecule has 0 aliphatic carbocycles. The van der Waals surface area contributed by atoms with E-state index < -0.39 is 63.7 Å². The highest BCUT2D eigenvalue weighted by Gasteiger charge is 2.61. The van der Waals surface area contributed by atoms with Crippen LogP contribution in [0.15, 0.2) is 54.6 Å². The number of amides is 1. The van der Waals surface area contributed by atoms with Crippen molar-refractivity contribution < 1.29 is 27.9 Å². The number of rotatable bonds is 7. The van der Waals surface area contributed by atoms with E-state index in [0.29, 0.717) is 6.42 Å². The van der Waals surface area contributed by atoms with Gasteiger partial charge in [0, 0.05) is 29.1 Å². The first-order valence-corrected chi connectivity index (χ1v) is 13.8. The van der Waals surface area contributed by atoms with Gasteiger partial charge in [-0.1, -0.05) is 68.2 Å². The third-order valence-electron chi connectivity index (χ3n) is 7.46. The number of hydrogen-bond donors (Lipinski definition) is 3. The van der Waals surface area contributed by atoms with Crippen molar-refractivity contribution in [2.24, 2.45) is 5.41 Å². The summed E-state index contributed by atoms with van der Waals surface area (Å²) in [6.45, 7) is 5.57. The molecule has 0 aromatic heterocycles. The van der Waals surface area contributed by atoms with Crippen molar-refractivity contribution in [3.8, 4) is 6.07 Å². The number of benzene rings is 3. The molecule has 3 aromatic carbocycles. The van der Waals surface area contributed by atoms with Crippen molar-refractivity contribution in [1.29, 1.82) is 5.26 Å². The second-order valence-electron chi connectivity index (χ2n) is 11.5. The minimum Gasteiger partial charge on any atom is -0.478 e. The van der Waals surface area contributed by atoms with Crippen LogP contribution in [0.25, 0.3) is 0 Å². The van der Waals surface area contributed by atoms with Crippen LogP contribution in [0.3, 0.4) is 0 Å². The minimum absolute atomic E-state index is 0.0536. The summed E-state index contributed by atoms with van der Waals surface area (Å²) in [5.41, 5.74) is -2.55. The summed E-state index contributed by atoms with van der Waals surface area (Å²) in [7, 11) is 0. The molecule has 11 heteroatoms. The molecule has 1 aliphatic heterocycles. The Bertz CT molecular complexity index is 1590. The summed E-state index contributed by atoms with van der Waals surface area (Å²) >= 11 is 12.2. The van der Waals surface area contributed by atoms with E-state index in [1.165, 1.54) is 36.4 Å². The van der Waals surface area contributed by atoms with E-state index in [4.69, 9.17) is 28.3 Å². The Kier molecular flexibility index (Phi) is 8.93. The Labute approximate surface area is 251 Å².